The highest BCUT2D eigenvalue weighted by molar-refractivity contribution is 7.17. The predicted molar refractivity (Wildman–Crippen MR) is 146 cm³/mol. The minimum atomic E-state index is -0.687. The van der Waals surface area contributed by atoms with Crippen LogP contribution in [0.3, 0.4) is 0 Å². The van der Waals surface area contributed by atoms with Gasteiger partial charge in [0.05, 0.1) is 5.56 Å². The number of carbonyl (C=O) groups excluding carboxylic acids is 2. The average Bonchev–Trinajstić information content (AvgIpc) is 3.21. The summed E-state index contributed by atoms with van der Waals surface area (Å²) in [5.74, 6) is -0.415. The highest BCUT2D eigenvalue weighted by Gasteiger charge is 2.30. The van der Waals surface area contributed by atoms with Gasteiger partial charge >= 0.3 is 5.97 Å². The molecule has 1 aliphatic carbocycles. The van der Waals surface area contributed by atoms with Crippen molar-refractivity contribution >= 4 is 28.2 Å². The molecule has 1 aliphatic heterocycles. The lowest BCUT2D eigenvalue weighted by molar-refractivity contribution is -0.140. The van der Waals surface area contributed by atoms with Gasteiger partial charge in [-0.1, -0.05) is 12.1 Å². The second kappa shape index (κ2) is 12.1. The van der Waals surface area contributed by atoms with Gasteiger partial charge in [-0.3, -0.25) is 9.69 Å². The molecule has 1 aromatic carbocycles. The quantitative estimate of drug-likeness (QED) is 0.352. The average molecular weight is 529 g/mol. The smallest absolute Gasteiger partial charge is 0.341 e. The summed E-state index contributed by atoms with van der Waals surface area (Å²) < 4.78 is 11.1. The number of hydrogen-bond donors (Lipinski definition) is 2. The van der Waals surface area contributed by atoms with Crippen LogP contribution in [0.2, 0.25) is 0 Å². The van der Waals surface area contributed by atoms with E-state index in [1.54, 1.807) is 0 Å². The molecule has 1 aromatic heterocycles. The Morgan fingerprint density at radius 1 is 1.19 bits per heavy atom. The van der Waals surface area contributed by atoms with Gasteiger partial charge < -0.3 is 19.9 Å². The molecule has 0 saturated carbocycles. The molecule has 202 valence electrons. The Labute approximate surface area is 224 Å². The van der Waals surface area contributed by atoms with Crippen molar-refractivity contribution in [3.8, 4) is 0 Å². The molecule has 4 rings (SSSR count). The van der Waals surface area contributed by atoms with E-state index in [0.29, 0.717) is 22.7 Å². The number of benzene rings is 1. The van der Waals surface area contributed by atoms with Gasteiger partial charge in [0.2, 0.25) is 0 Å². The molecular weight excluding hydrogens is 488 g/mol. The van der Waals surface area contributed by atoms with Crippen LogP contribution in [0.5, 0.6) is 0 Å². The van der Waals surface area contributed by atoms with Crippen LogP contribution in [-0.2, 0) is 28.9 Å². The van der Waals surface area contributed by atoms with Crippen molar-refractivity contribution in [2.24, 2.45) is 5.92 Å². The molecule has 37 heavy (non-hydrogen) atoms. The number of aryl methyl sites for hydroxylation is 1. The molecule has 1 atom stereocenters. The van der Waals surface area contributed by atoms with Crippen molar-refractivity contribution in [3.05, 3.63) is 51.4 Å². The molecule has 2 aliphatic rings. The van der Waals surface area contributed by atoms with E-state index < -0.39 is 11.9 Å². The molecule has 7 nitrogen and oxygen atoms in total. The first-order valence-electron chi connectivity index (χ1n) is 13.4. The molecule has 1 unspecified atom stereocenters. The number of nitrogens with zero attached hydrogens (tertiary/aromatic N) is 1. The summed E-state index contributed by atoms with van der Waals surface area (Å²) in [6.45, 7) is 10.5. The van der Waals surface area contributed by atoms with Crippen LogP contribution >= 0.6 is 11.3 Å². The third-order valence-electron chi connectivity index (χ3n) is 6.97. The maximum Gasteiger partial charge on any atom is 0.341 e. The van der Waals surface area contributed by atoms with Gasteiger partial charge in [0.25, 0.3) is 5.91 Å². The molecule has 8 heteroatoms. The van der Waals surface area contributed by atoms with E-state index in [9.17, 15) is 14.7 Å². The lowest BCUT2D eigenvalue weighted by atomic mass is 9.95. The standard InChI is InChI=1S/C29H40N2O5S/c1-5-35-27(33)20-13-15-31(16-14-20)18-19-9-8-10-21(17-19)25(32)30-26-24(28(34)36-29(2,3)4)22-11-6-7-12-23(22)37-26/h8-10,17,20,27,33H,5-7,11-16,18H2,1-4H3,(H,30,32). The van der Waals surface area contributed by atoms with Crippen LogP contribution in [0, 0.1) is 5.92 Å². The normalized spacial score (nSPS) is 17.8. The highest BCUT2D eigenvalue weighted by Crippen LogP contribution is 2.39. The maximum atomic E-state index is 13.3. The molecule has 2 heterocycles. The van der Waals surface area contributed by atoms with Crippen molar-refractivity contribution < 1.29 is 24.2 Å². The summed E-state index contributed by atoms with van der Waals surface area (Å²) in [7, 11) is 0. The van der Waals surface area contributed by atoms with E-state index in [-0.39, 0.29) is 17.8 Å². The first-order valence-corrected chi connectivity index (χ1v) is 14.3. The number of amides is 1. The number of piperidine rings is 1. The Hall–Kier alpha value is -2.26. The number of aliphatic hydroxyl groups is 1. The summed E-state index contributed by atoms with van der Waals surface area (Å²) in [6, 6.07) is 7.68. The Bertz CT molecular complexity index is 1100. The van der Waals surface area contributed by atoms with Crippen LogP contribution in [0.15, 0.2) is 24.3 Å². The predicted octanol–water partition coefficient (Wildman–Crippen LogP) is 5.40. The fraction of sp³-hybridized carbons (Fsp3) is 0.586. The topological polar surface area (TPSA) is 88.1 Å². The zero-order valence-electron chi connectivity index (χ0n) is 22.5. The third kappa shape index (κ3) is 7.19. The number of anilines is 1. The minimum absolute atomic E-state index is 0.170. The Balaban J connectivity index is 1.44. The van der Waals surface area contributed by atoms with Gasteiger partial charge in [-0.25, -0.2) is 4.79 Å². The van der Waals surface area contributed by atoms with Crippen molar-refractivity contribution in [2.75, 3.05) is 25.0 Å². The highest BCUT2D eigenvalue weighted by atomic mass is 32.1. The van der Waals surface area contributed by atoms with Gasteiger partial charge in [-0.15, -0.1) is 11.3 Å². The number of likely N-dealkylation sites (tertiary alicyclic amines) is 1. The molecule has 0 spiro atoms. The molecule has 0 radical (unpaired) electrons. The summed E-state index contributed by atoms with van der Waals surface area (Å²) in [4.78, 5) is 29.9. The Kier molecular flexibility index (Phi) is 9.06. The molecule has 2 N–H and O–H groups in total. The van der Waals surface area contributed by atoms with Crippen LogP contribution < -0.4 is 5.32 Å². The number of hydrogen-bond acceptors (Lipinski definition) is 7. The number of nitrogens with one attached hydrogen (secondary N) is 1. The second-order valence-corrected chi connectivity index (χ2v) is 12.1. The summed E-state index contributed by atoms with van der Waals surface area (Å²) >= 11 is 1.51. The largest absolute Gasteiger partial charge is 0.456 e. The van der Waals surface area contributed by atoms with Gasteiger partial charge in [-0.2, -0.15) is 0 Å². The van der Waals surface area contributed by atoms with Gasteiger partial charge in [0.1, 0.15) is 10.6 Å². The zero-order chi connectivity index (χ0) is 26.6. The Morgan fingerprint density at radius 3 is 2.62 bits per heavy atom. The minimum Gasteiger partial charge on any atom is -0.456 e. The molecule has 0 bridgehead atoms. The number of ether oxygens (including phenoxy) is 2. The fourth-order valence-corrected chi connectivity index (χ4v) is 6.42. The summed E-state index contributed by atoms with van der Waals surface area (Å²) in [5.41, 5.74) is 2.59. The van der Waals surface area contributed by atoms with E-state index >= 15 is 0 Å². The van der Waals surface area contributed by atoms with Crippen LogP contribution in [0.4, 0.5) is 5.00 Å². The lowest BCUT2D eigenvalue weighted by Gasteiger charge is -2.34. The van der Waals surface area contributed by atoms with E-state index in [1.165, 1.54) is 16.2 Å². The van der Waals surface area contributed by atoms with Crippen LogP contribution in [0.1, 0.15) is 90.1 Å². The first kappa shape index (κ1) is 27.8. The first-order chi connectivity index (χ1) is 17.6. The van der Waals surface area contributed by atoms with Crippen LogP contribution in [-0.4, -0.2) is 53.5 Å². The lowest BCUT2D eigenvalue weighted by Crippen LogP contribution is -2.38. The number of rotatable bonds is 8. The van der Waals surface area contributed by atoms with E-state index in [1.807, 2.05) is 52.0 Å². The fourth-order valence-electron chi connectivity index (χ4n) is 5.15. The molecule has 1 amide bonds. The van der Waals surface area contributed by atoms with Crippen molar-refractivity contribution in [1.29, 1.82) is 0 Å². The Morgan fingerprint density at radius 2 is 1.92 bits per heavy atom. The van der Waals surface area contributed by atoms with Crippen molar-refractivity contribution in [1.82, 2.24) is 4.90 Å². The van der Waals surface area contributed by atoms with Crippen LogP contribution in [0.25, 0.3) is 0 Å². The zero-order valence-corrected chi connectivity index (χ0v) is 23.3. The summed E-state index contributed by atoms with van der Waals surface area (Å²) in [6.07, 6.45) is 4.99. The van der Waals surface area contributed by atoms with E-state index in [2.05, 4.69) is 10.2 Å². The van der Waals surface area contributed by atoms with Crippen molar-refractivity contribution in [2.45, 2.75) is 84.7 Å². The number of aliphatic hydroxyl groups excluding tert-OH is 1. The second-order valence-electron chi connectivity index (χ2n) is 11.0. The van der Waals surface area contributed by atoms with Gasteiger partial charge in [-0.05, 0) is 103 Å². The van der Waals surface area contributed by atoms with Gasteiger partial charge in [0.15, 0.2) is 6.29 Å². The van der Waals surface area contributed by atoms with E-state index in [0.717, 1.165) is 69.3 Å². The van der Waals surface area contributed by atoms with Crippen molar-refractivity contribution in [3.63, 3.8) is 0 Å². The third-order valence-corrected chi connectivity index (χ3v) is 8.18. The molecule has 1 fully saturated rings. The number of fused-ring (bicyclic) bond motifs is 1. The SMILES string of the molecule is CCOC(O)C1CCN(Cc2cccc(C(=O)Nc3sc4c(c3C(=O)OC(C)(C)C)CCCC4)c2)CC1. The molecular formula is C29H40N2O5S. The van der Waals surface area contributed by atoms with E-state index in [4.69, 9.17) is 9.47 Å². The van der Waals surface area contributed by atoms with Gasteiger partial charge in [0, 0.05) is 29.5 Å². The molecule has 1 saturated heterocycles. The number of esters is 1. The monoisotopic (exact) mass is 528 g/mol. The maximum absolute atomic E-state index is 13.3. The number of carbonyl (C=O) groups is 2. The number of thiophene rings is 1. The summed E-state index contributed by atoms with van der Waals surface area (Å²) in [5, 5.41) is 13.7. The molecule has 2 aromatic rings.